The summed E-state index contributed by atoms with van der Waals surface area (Å²) in [7, 11) is 0. The molecule has 0 aliphatic heterocycles. The maximum absolute atomic E-state index is 12.2. The number of carbonyl (C=O) groups is 2. The van der Waals surface area contributed by atoms with Crippen LogP contribution < -0.4 is 5.73 Å². The summed E-state index contributed by atoms with van der Waals surface area (Å²) in [5.74, 6) is -0.448. The smallest absolute Gasteiger partial charge is 0.341 e. The molecule has 19 heavy (non-hydrogen) atoms. The number of ketones is 1. The summed E-state index contributed by atoms with van der Waals surface area (Å²) in [6.07, 6.45) is 5.27. The van der Waals surface area contributed by atoms with Crippen LogP contribution in [-0.2, 0) is 4.74 Å². The average Bonchev–Trinajstić information content (AvgIpc) is 2.66. The Labute approximate surface area is 116 Å². The number of nitrogen functional groups attached to an aromatic ring is 1. The minimum atomic E-state index is -0.384. The van der Waals surface area contributed by atoms with Crippen molar-refractivity contribution in [2.45, 2.75) is 52.1 Å². The summed E-state index contributed by atoms with van der Waals surface area (Å²) in [4.78, 5) is 24.2. The van der Waals surface area contributed by atoms with Crippen LogP contribution in [0.4, 0.5) is 5.00 Å². The second-order valence-corrected chi connectivity index (χ2v) is 6.07. The van der Waals surface area contributed by atoms with Crippen molar-refractivity contribution in [3.63, 3.8) is 0 Å². The Morgan fingerprint density at radius 1 is 1.26 bits per heavy atom. The lowest BCUT2D eigenvalue weighted by Crippen LogP contribution is -2.21. The van der Waals surface area contributed by atoms with Gasteiger partial charge in [-0.25, -0.2) is 4.79 Å². The van der Waals surface area contributed by atoms with E-state index in [-0.39, 0.29) is 17.9 Å². The zero-order valence-electron chi connectivity index (χ0n) is 11.3. The number of esters is 1. The van der Waals surface area contributed by atoms with Crippen molar-refractivity contribution in [2.75, 3.05) is 5.73 Å². The van der Waals surface area contributed by atoms with Crippen molar-refractivity contribution in [2.24, 2.45) is 0 Å². The number of hydrogen-bond acceptors (Lipinski definition) is 5. The van der Waals surface area contributed by atoms with Crippen molar-refractivity contribution >= 4 is 28.1 Å². The third-order valence-electron chi connectivity index (χ3n) is 3.52. The van der Waals surface area contributed by atoms with Gasteiger partial charge >= 0.3 is 5.97 Å². The lowest BCUT2D eigenvalue weighted by Gasteiger charge is -2.21. The molecule has 1 heterocycles. The monoisotopic (exact) mass is 281 g/mol. The molecule has 1 fully saturated rings. The molecular formula is C14H19NO3S. The van der Waals surface area contributed by atoms with Crippen LogP contribution >= 0.6 is 11.3 Å². The molecule has 1 aromatic rings. The Bertz CT molecular complexity index is 501. The van der Waals surface area contributed by atoms with Crippen LogP contribution in [0.25, 0.3) is 0 Å². The lowest BCUT2D eigenvalue weighted by molar-refractivity contribution is 0.0212. The number of carbonyl (C=O) groups excluding carboxylic acids is 2. The molecule has 104 valence electrons. The molecule has 1 aliphatic carbocycles. The van der Waals surface area contributed by atoms with Gasteiger partial charge in [-0.15, -0.1) is 11.3 Å². The third kappa shape index (κ3) is 2.97. The van der Waals surface area contributed by atoms with Gasteiger partial charge in [0, 0.05) is 0 Å². The molecule has 0 amide bonds. The first-order valence-corrected chi connectivity index (χ1v) is 7.43. The fraction of sp³-hybridized carbons (Fsp3) is 0.571. The second kappa shape index (κ2) is 5.74. The molecular weight excluding hydrogens is 262 g/mol. The Morgan fingerprint density at radius 3 is 2.42 bits per heavy atom. The molecule has 0 radical (unpaired) electrons. The van der Waals surface area contributed by atoms with E-state index in [1.165, 1.54) is 24.7 Å². The minimum Gasteiger partial charge on any atom is -0.459 e. The van der Waals surface area contributed by atoms with Gasteiger partial charge in [0.15, 0.2) is 5.78 Å². The highest BCUT2D eigenvalue weighted by Crippen LogP contribution is 2.32. The number of anilines is 1. The normalized spacial score (nSPS) is 16.3. The molecule has 5 heteroatoms. The zero-order valence-corrected chi connectivity index (χ0v) is 12.1. The van der Waals surface area contributed by atoms with E-state index >= 15 is 0 Å². The Hall–Kier alpha value is -1.36. The van der Waals surface area contributed by atoms with E-state index in [0.717, 1.165) is 25.7 Å². The largest absolute Gasteiger partial charge is 0.459 e. The summed E-state index contributed by atoms with van der Waals surface area (Å²) in [5, 5.41) is 0.378. The number of rotatable bonds is 3. The lowest BCUT2D eigenvalue weighted by atomic mass is 9.98. The van der Waals surface area contributed by atoms with E-state index in [1.807, 2.05) is 0 Å². The molecule has 4 nitrogen and oxygen atoms in total. The van der Waals surface area contributed by atoms with Crippen LogP contribution in [-0.4, -0.2) is 17.9 Å². The van der Waals surface area contributed by atoms with Gasteiger partial charge in [0.25, 0.3) is 0 Å². The van der Waals surface area contributed by atoms with Gasteiger partial charge in [-0.3, -0.25) is 4.79 Å². The highest BCUT2D eigenvalue weighted by atomic mass is 32.1. The van der Waals surface area contributed by atoms with Gasteiger partial charge in [0.1, 0.15) is 11.1 Å². The van der Waals surface area contributed by atoms with Crippen LogP contribution in [0, 0.1) is 6.92 Å². The Kier molecular flexibility index (Phi) is 4.24. The van der Waals surface area contributed by atoms with Crippen LogP contribution in [0.2, 0.25) is 0 Å². The molecule has 0 aromatic carbocycles. The van der Waals surface area contributed by atoms with Crippen molar-refractivity contribution < 1.29 is 14.3 Å². The van der Waals surface area contributed by atoms with E-state index in [0.29, 0.717) is 21.0 Å². The van der Waals surface area contributed by atoms with Crippen LogP contribution in [0.5, 0.6) is 0 Å². The number of ether oxygens (including phenoxy) is 1. The second-order valence-electron chi connectivity index (χ2n) is 5.02. The van der Waals surface area contributed by atoms with Gasteiger partial charge in [-0.1, -0.05) is 6.42 Å². The maximum Gasteiger partial charge on any atom is 0.341 e. The predicted molar refractivity (Wildman–Crippen MR) is 75.8 cm³/mol. The molecule has 0 saturated heterocycles. The zero-order chi connectivity index (χ0) is 14.0. The fourth-order valence-corrected chi connectivity index (χ4v) is 3.48. The average molecular weight is 281 g/mol. The molecule has 1 aliphatic rings. The fourth-order valence-electron chi connectivity index (χ4n) is 2.52. The molecule has 0 unspecified atom stereocenters. The number of hydrogen-bond donors (Lipinski definition) is 1. The molecule has 2 N–H and O–H groups in total. The molecule has 0 atom stereocenters. The first kappa shape index (κ1) is 14.1. The molecule has 1 aromatic heterocycles. The van der Waals surface area contributed by atoms with E-state index in [4.69, 9.17) is 10.5 Å². The predicted octanol–water partition coefficient (Wildman–Crippen LogP) is 3.33. The van der Waals surface area contributed by atoms with Crippen LogP contribution in [0.3, 0.4) is 0 Å². The molecule has 0 spiro atoms. The SMILES string of the molecule is CC(=O)c1sc(N)c(C(=O)OC2CCCCC2)c1C. The first-order valence-electron chi connectivity index (χ1n) is 6.61. The summed E-state index contributed by atoms with van der Waals surface area (Å²) in [6, 6.07) is 0. The third-order valence-corrected chi connectivity index (χ3v) is 4.75. The van der Waals surface area contributed by atoms with E-state index < -0.39 is 0 Å². The van der Waals surface area contributed by atoms with E-state index in [2.05, 4.69) is 0 Å². The highest BCUT2D eigenvalue weighted by molar-refractivity contribution is 7.18. The Balaban J connectivity index is 2.16. The summed E-state index contributed by atoms with van der Waals surface area (Å²) in [5.41, 5.74) is 6.88. The van der Waals surface area contributed by atoms with Crippen LogP contribution in [0.1, 0.15) is 64.6 Å². The van der Waals surface area contributed by atoms with Crippen molar-refractivity contribution in [3.8, 4) is 0 Å². The molecule has 2 rings (SSSR count). The number of thiophene rings is 1. The van der Waals surface area contributed by atoms with E-state index in [1.54, 1.807) is 6.92 Å². The Morgan fingerprint density at radius 2 is 1.89 bits per heavy atom. The van der Waals surface area contributed by atoms with Gasteiger partial charge in [0.2, 0.25) is 0 Å². The number of Topliss-reactive ketones (excluding diaryl/α,β-unsaturated/α-hetero) is 1. The van der Waals surface area contributed by atoms with E-state index in [9.17, 15) is 9.59 Å². The van der Waals surface area contributed by atoms with Crippen molar-refractivity contribution in [1.29, 1.82) is 0 Å². The summed E-state index contributed by atoms with van der Waals surface area (Å²) in [6.45, 7) is 3.23. The number of nitrogens with two attached hydrogens (primary N) is 1. The summed E-state index contributed by atoms with van der Waals surface area (Å²) >= 11 is 1.17. The molecule has 0 bridgehead atoms. The van der Waals surface area contributed by atoms with Crippen molar-refractivity contribution in [3.05, 3.63) is 16.0 Å². The van der Waals surface area contributed by atoms with Gasteiger partial charge in [0.05, 0.1) is 10.4 Å². The van der Waals surface area contributed by atoms with Crippen molar-refractivity contribution in [1.82, 2.24) is 0 Å². The van der Waals surface area contributed by atoms with Gasteiger partial charge in [-0.05, 0) is 45.1 Å². The highest BCUT2D eigenvalue weighted by Gasteiger charge is 2.25. The van der Waals surface area contributed by atoms with Gasteiger partial charge in [-0.2, -0.15) is 0 Å². The first-order chi connectivity index (χ1) is 9.00. The topological polar surface area (TPSA) is 69.4 Å². The molecule has 1 saturated carbocycles. The van der Waals surface area contributed by atoms with Crippen LogP contribution in [0.15, 0.2) is 0 Å². The quantitative estimate of drug-likeness (QED) is 0.681. The standard InChI is InChI=1S/C14H19NO3S/c1-8-11(13(15)19-12(8)9(2)16)14(17)18-10-6-4-3-5-7-10/h10H,3-7,15H2,1-2H3. The van der Waals surface area contributed by atoms with Gasteiger partial charge < -0.3 is 10.5 Å². The minimum absolute atomic E-state index is 0.000674. The maximum atomic E-state index is 12.2. The summed E-state index contributed by atoms with van der Waals surface area (Å²) < 4.78 is 5.51.